The molecule has 4 N–H and O–H groups in total. The highest BCUT2D eigenvalue weighted by atomic mass is 16.5. The number of carbonyl (C=O) groups excluding carboxylic acids is 3. The summed E-state index contributed by atoms with van der Waals surface area (Å²) < 4.78 is 4.29. The highest BCUT2D eigenvalue weighted by Crippen LogP contribution is 1.73. The number of carbonyl (C=O) groups is 3. The lowest BCUT2D eigenvalue weighted by Crippen LogP contribution is -2.41. The highest BCUT2D eigenvalue weighted by Gasteiger charge is 2.11. The van der Waals surface area contributed by atoms with Crippen molar-refractivity contribution in [3.8, 4) is 6.07 Å². The van der Waals surface area contributed by atoms with Crippen molar-refractivity contribution in [2.45, 2.75) is 0 Å². The maximum Gasteiger partial charge on any atom is 0.404 e. The fourth-order valence-corrected chi connectivity index (χ4v) is 0.597. The van der Waals surface area contributed by atoms with Crippen LogP contribution in [0.25, 0.3) is 0 Å². The number of nitrogens with one attached hydrogen (secondary N) is 2. The van der Waals surface area contributed by atoms with E-state index in [-0.39, 0.29) is 19.7 Å². The molecule has 0 radical (unpaired) electrons. The minimum Gasteiger partial charge on any atom is -0.448 e. The number of amides is 3. The Hall–Kier alpha value is -2.30. The maximum absolute atomic E-state index is 10.9. The van der Waals surface area contributed by atoms with Gasteiger partial charge in [0.2, 0.25) is 0 Å². The first-order valence-electron chi connectivity index (χ1n) is 3.93. The number of hydrogen-bond donors (Lipinski definition) is 3. The lowest BCUT2D eigenvalue weighted by Gasteiger charge is -2.03. The molecule has 0 aliphatic carbocycles. The zero-order valence-electron chi connectivity index (χ0n) is 7.78. The summed E-state index contributed by atoms with van der Waals surface area (Å²) in [4.78, 5) is 31.8. The van der Waals surface area contributed by atoms with Gasteiger partial charge in [0, 0.05) is 0 Å². The molecule has 0 spiro atoms. The van der Waals surface area contributed by atoms with Crippen molar-refractivity contribution >= 4 is 17.9 Å². The van der Waals surface area contributed by atoms with Gasteiger partial charge in [0.1, 0.15) is 13.2 Å². The van der Waals surface area contributed by atoms with E-state index in [0.29, 0.717) is 0 Å². The van der Waals surface area contributed by atoms with E-state index in [1.54, 1.807) is 6.07 Å². The van der Waals surface area contributed by atoms with Crippen LogP contribution in [0.2, 0.25) is 0 Å². The molecular weight excluding hydrogens is 204 g/mol. The first-order valence-corrected chi connectivity index (χ1v) is 3.93. The zero-order valence-corrected chi connectivity index (χ0v) is 7.78. The number of hydrogen-bond acceptors (Lipinski definition) is 5. The Morgan fingerprint density at radius 2 is 1.87 bits per heavy atom. The molecular formula is C7H10N4O4. The van der Waals surface area contributed by atoms with E-state index in [0.717, 1.165) is 0 Å². The molecule has 0 bridgehead atoms. The maximum atomic E-state index is 10.9. The van der Waals surface area contributed by atoms with E-state index in [2.05, 4.69) is 15.8 Å². The van der Waals surface area contributed by atoms with Crippen LogP contribution in [0.4, 0.5) is 4.79 Å². The number of nitrogens with zero attached hydrogens (tertiary/aromatic N) is 1. The molecule has 8 heteroatoms. The lowest BCUT2D eigenvalue weighted by atomic mass is 10.5. The summed E-state index contributed by atoms with van der Waals surface area (Å²) in [5.41, 5.74) is 4.65. The summed E-state index contributed by atoms with van der Waals surface area (Å²) in [5.74, 6) is -1.83. The van der Waals surface area contributed by atoms with Gasteiger partial charge in [-0.1, -0.05) is 0 Å². The van der Waals surface area contributed by atoms with Crippen molar-refractivity contribution in [1.29, 1.82) is 5.26 Å². The van der Waals surface area contributed by atoms with Gasteiger partial charge in [-0.2, -0.15) is 5.26 Å². The standard InChI is InChI=1S/C7H10N4O4/c8-1-2-10-5(12)6(13)11-3-4-15-7(9)14/h2-4H2,(H2,9,14)(H,10,12)(H,11,13). The first-order chi connectivity index (χ1) is 7.07. The van der Waals surface area contributed by atoms with Crippen molar-refractivity contribution < 1.29 is 19.1 Å². The quantitative estimate of drug-likeness (QED) is 0.278. The monoisotopic (exact) mass is 214 g/mol. The molecule has 15 heavy (non-hydrogen) atoms. The summed E-state index contributed by atoms with van der Waals surface area (Å²) in [7, 11) is 0. The molecule has 0 aromatic carbocycles. The summed E-state index contributed by atoms with van der Waals surface area (Å²) in [6.45, 7) is -0.390. The van der Waals surface area contributed by atoms with Gasteiger partial charge in [-0.05, 0) is 0 Å². The van der Waals surface area contributed by atoms with Crippen molar-refractivity contribution in [2.75, 3.05) is 19.7 Å². The fourth-order valence-electron chi connectivity index (χ4n) is 0.597. The molecule has 82 valence electrons. The van der Waals surface area contributed by atoms with Gasteiger partial charge < -0.3 is 21.1 Å². The molecule has 0 fully saturated rings. The molecule has 3 amide bonds. The summed E-state index contributed by atoms with van der Waals surface area (Å²) in [6, 6.07) is 1.64. The Morgan fingerprint density at radius 1 is 1.27 bits per heavy atom. The van der Waals surface area contributed by atoms with Crippen LogP contribution in [0, 0.1) is 11.3 Å². The van der Waals surface area contributed by atoms with Gasteiger partial charge in [0.15, 0.2) is 0 Å². The molecule has 0 heterocycles. The smallest absolute Gasteiger partial charge is 0.404 e. The summed E-state index contributed by atoms with van der Waals surface area (Å²) >= 11 is 0. The minimum atomic E-state index is -0.960. The lowest BCUT2D eigenvalue weighted by molar-refractivity contribution is -0.139. The molecule has 0 atom stereocenters. The van der Waals surface area contributed by atoms with Gasteiger partial charge in [-0.25, -0.2) is 4.79 Å². The van der Waals surface area contributed by atoms with Crippen LogP contribution in [0.3, 0.4) is 0 Å². The van der Waals surface area contributed by atoms with Gasteiger partial charge in [-0.15, -0.1) is 0 Å². The van der Waals surface area contributed by atoms with E-state index in [1.807, 2.05) is 5.32 Å². The van der Waals surface area contributed by atoms with Crippen molar-refractivity contribution in [1.82, 2.24) is 10.6 Å². The van der Waals surface area contributed by atoms with Crippen LogP contribution in [-0.4, -0.2) is 37.6 Å². The average molecular weight is 214 g/mol. The third-order valence-electron chi connectivity index (χ3n) is 1.17. The van der Waals surface area contributed by atoms with E-state index in [9.17, 15) is 14.4 Å². The van der Waals surface area contributed by atoms with E-state index < -0.39 is 17.9 Å². The van der Waals surface area contributed by atoms with Crippen LogP contribution < -0.4 is 16.4 Å². The number of primary amides is 1. The highest BCUT2D eigenvalue weighted by molar-refractivity contribution is 6.35. The normalized spacial score (nSPS) is 8.47. The second-order valence-electron chi connectivity index (χ2n) is 2.26. The topological polar surface area (TPSA) is 134 Å². The van der Waals surface area contributed by atoms with Crippen molar-refractivity contribution in [3.05, 3.63) is 0 Å². The Labute approximate surface area is 85.4 Å². The Bertz CT molecular complexity index is 296. The summed E-state index contributed by atoms with van der Waals surface area (Å²) in [5, 5.41) is 12.3. The molecule has 0 unspecified atom stereocenters. The molecule has 0 aromatic heterocycles. The molecule has 0 aromatic rings. The SMILES string of the molecule is N#CCNC(=O)C(=O)NCCOC(N)=O. The van der Waals surface area contributed by atoms with Gasteiger partial charge in [0.25, 0.3) is 0 Å². The van der Waals surface area contributed by atoms with E-state index >= 15 is 0 Å². The van der Waals surface area contributed by atoms with Crippen molar-refractivity contribution in [3.63, 3.8) is 0 Å². The second kappa shape index (κ2) is 7.14. The minimum absolute atomic E-state index is 0.0260. The van der Waals surface area contributed by atoms with Gasteiger partial charge >= 0.3 is 17.9 Å². The van der Waals surface area contributed by atoms with Crippen LogP contribution >= 0.6 is 0 Å². The third-order valence-corrected chi connectivity index (χ3v) is 1.17. The largest absolute Gasteiger partial charge is 0.448 e. The second-order valence-corrected chi connectivity index (χ2v) is 2.26. The zero-order chi connectivity index (χ0) is 11.7. The fraction of sp³-hybridized carbons (Fsp3) is 0.429. The number of ether oxygens (including phenoxy) is 1. The van der Waals surface area contributed by atoms with Crippen LogP contribution in [0.15, 0.2) is 0 Å². The first kappa shape index (κ1) is 12.7. The van der Waals surface area contributed by atoms with Crippen LogP contribution in [-0.2, 0) is 14.3 Å². The number of nitriles is 1. The number of rotatable bonds is 4. The average Bonchev–Trinajstić information content (AvgIpc) is 2.20. The molecule has 0 rings (SSSR count). The van der Waals surface area contributed by atoms with Gasteiger partial charge in [0.05, 0.1) is 12.6 Å². The third kappa shape index (κ3) is 6.83. The summed E-state index contributed by atoms with van der Waals surface area (Å²) in [6.07, 6.45) is -0.960. The Kier molecular flexibility index (Phi) is 6.04. The van der Waals surface area contributed by atoms with Crippen LogP contribution in [0.5, 0.6) is 0 Å². The molecule has 0 saturated carbocycles. The molecule has 8 nitrogen and oxygen atoms in total. The van der Waals surface area contributed by atoms with E-state index in [4.69, 9.17) is 5.26 Å². The van der Waals surface area contributed by atoms with Crippen molar-refractivity contribution in [2.24, 2.45) is 5.73 Å². The van der Waals surface area contributed by atoms with E-state index in [1.165, 1.54) is 0 Å². The van der Waals surface area contributed by atoms with Crippen LogP contribution in [0.1, 0.15) is 0 Å². The van der Waals surface area contributed by atoms with Gasteiger partial charge in [-0.3, -0.25) is 9.59 Å². The predicted molar refractivity (Wildman–Crippen MR) is 47.2 cm³/mol. The number of nitrogens with two attached hydrogens (primary N) is 1. The Morgan fingerprint density at radius 3 is 2.40 bits per heavy atom. The molecule has 0 aliphatic rings. The molecule has 0 aliphatic heterocycles. The molecule has 0 saturated heterocycles. The Balaban J connectivity index is 3.61. The predicted octanol–water partition coefficient (Wildman–Crippen LogP) is -2.16.